The normalized spacial score (nSPS) is 14.8. The third-order valence-corrected chi connectivity index (χ3v) is 19.2. The van der Waals surface area contributed by atoms with Gasteiger partial charge in [0.05, 0.1) is 26.4 Å². The van der Waals surface area contributed by atoms with Gasteiger partial charge in [-0.1, -0.05) is 324 Å². The first-order valence-electron chi connectivity index (χ1n) is 42.7. The maximum absolute atomic E-state index is 13.0. The van der Waals surface area contributed by atoms with E-state index in [1.165, 1.54) is 103 Å². The lowest BCUT2D eigenvalue weighted by molar-refractivity contribution is -0.161. The first-order valence-corrected chi connectivity index (χ1v) is 45.7. The lowest BCUT2D eigenvalue weighted by Gasteiger charge is -2.21. The molecule has 0 aromatic rings. The zero-order valence-corrected chi connectivity index (χ0v) is 70.8. The standard InChI is InChI=1S/C93H152O16P2/c1-4-7-10-13-16-19-22-25-28-31-34-37-39-40-41-42-43-44-45-46-48-51-52-55-58-61-64-67-70-73-76-79-91(96)103-82-88(94)83-105-110(99,100)106-84-89(95)85-107-111(101,102)108-87-90(109-93(98)81-78-75-72-69-66-63-60-57-54-49-36-33-30-27-24-21-18-15-12-9-6-3)86-104-92(97)80-77-74-71-68-65-62-59-56-53-50-47-38-35-32-29-26-23-20-17-14-11-8-5-2/h8-9,11-12,16-21,25-30,34-38,40-41,49-50,53,57,59-60,62,66,69,88-90,94-95H,4-7,10,13-15,22-24,31-33,39,42-48,51-52,54-56,58,61,63-65,67-68,70-87H2,1-3H3,(H,99,100)(H,101,102)/b11-8-,12-9-,19-16-,20-17-,21-18-,28-25-,29-26-,30-27-,37-34-,38-35-,41-40-,49-36-,53-50-,60-57-,62-59-,69-66-. The number of aliphatic hydroxyl groups is 2. The predicted molar refractivity (Wildman–Crippen MR) is 463 cm³/mol. The van der Waals surface area contributed by atoms with E-state index in [9.17, 15) is 43.5 Å². The van der Waals surface area contributed by atoms with Crippen LogP contribution in [0.2, 0.25) is 0 Å². The molecule has 0 heterocycles. The molecule has 0 saturated heterocycles. The van der Waals surface area contributed by atoms with E-state index in [-0.39, 0.29) is 19.3 Å². The van der Waals surface area contributed by atoms with Crippen LogP contribution in [0.15, 0.2) is 194 Å². The fraction of sp³-hybridized carbons (Fsp3) is 0.624. The number of unbranched alkanes of at least 4 members (excludes halogenated alkanes) is 24. The number of phosphoric acid groups is 2. The second kappa shape index (κ2) is 83.8. The molecule has 0 aliphatic rings. The molecule has 0 aliphatic carbocycles. The van der Waals surface area contributed by atoms with Crippen molar-refractivity contribution in [2.75, 3.05) is 39.6 Å². The van der Waals surface area contributed by atoms with Crippen LogP contribution in [0, 0.1) is 0 Å². The van der Waals surface area contributed by atoms with Crippen LogP contribution in [0.25, 0.3) is 0 Å². The van der Waals surface area contributed by atoms with Crippen LogP contribution in [0.3, 0.4) is 0 Å². The molecule has 0 amide bonds. The van der Waals surface area contributed by atoms with Gasteiger partial charge in [-0.2, -0.15) is 0 Å². The van der Waals surface area contributed by atoms with Crippen molar-refractivity contribution in [2.24, 2.45) is 0 Å². The highest BCUT2D eigenvalue weighted by Crippen LogP contribution is 2.45. The number of hydrogen-bond acceptors (Lipinski definition) is 14. The van der Waals surface area contributed by atoms with Gasteiger partial charge in [0.25, 0.3) is 0 Å². The molecule has 0 fully saturated rings. The molecular formula is C93H152O16P2. The summed E-state index contributed by atoms with van der Waals surface area (Å²) >= 11 is 0. The van der Waals surface area contributed by atoms with Crippen LogP contribution < -0.4 is 0 Å². The molecule has 0 spiro atoms. The highest BCUT2D eigenvalue weighted by molar-refractivity contribution is 7.47. The molecule has 0 aromatic heterocycles. The van der Waals surface area contributed by atoms with Gasteiger partial charge in [0.1, 0.15) is 25.4 Å². The van der Waals surface area contributed by atoms with Gasteiger partial charge in [-0.15, -0.1) is 0 Å². The summed E-state index contributed by atoms with van der Waals surface area (Å²) in [4.78, 5) is 58.8. The number of ether oxygens (including phenoxy) is 3. The third kappa shape index (κ3) is 85.1. The average Bonchev–Trinajstić information content (AvgIpc) is 0.902. The van der Waals surface area contributed by atoms with Gasteiger partial charge in [-0.3, -0.25) is 32.5 Å². The van der Waals surface area contributed by atoms with Crippen molar-refractivity contribution in [3.8, 4) is 0 Å². The fourth-order valence-electron chi connectivity index (χ4n) is 10.9. The molecule has 5 atom stereocenters. The predicted octanol–water partition coefficient (Wildman–Crippen LogP) is 25.9. The van der Waals surface area contributed by atoms with Gasteiger partial charge >= 0.3 is 33.6 Å². The molecular weight excluding hydrogens is 1430 g/mol. The van der Waals surface area contributed by atoms with Gasteiger partial charge in [-0.05, 0) is 167 Å². The summed E-state index contributed by atoms with van der Waals surface area (Å²) in [5.41, 5.74) is 0. The van der Waals surface area contributed by atoms with Crippen LogP contribution in [-0.4, -0.2) is 95.9 Å². The first-order chi connectivity index (χ1) is 54.2. The van der Waals surface area contributed by atoms with Crippen molar-refractivity contribution in [1.82, 2.24) is 0 Å². The largest absolute Gasteiger partial charge is 0.472 e. The summed E-state index contributed by atoms with van der Waals surface area (Å²) in [5, 5.41) is 20.7. The van der Waals surface area contributed by atoms with Crippen LogP contribution in [0.4, 0.5) is 0 Å². The molecule has 0 radical (unpaired) electrons. The summed E-state index contributed by atoms with van der Waals surface area (Å²) < 4.78 is 61.2. The topological polar surface area (TPSA) is 231 Å². The number of rotatable bonds is 79. The van der Waals surface area contributed by atoms with Gasteiger partial charge in [0.2, 0.25) is 0 Å². The molecule has 18 heteroatoms. The van der Waals surface area contributed by atoms with Crippen molar-refractivity contribution in [3.05, 3.63) is 194 Å². The van der Waals surface area contributed by atoms with E-state index in [0.29, 0.717) is 25.7 Å². The summed E-state index contributed by atoms with van der Waals surface area (Å²) in [6.45, 7) is 2.34. The lowest BCUT2D eigenvalue weighted by atomic mass is 10.0. The minimum Gasteiger partial charge on any atom is -0.463 e. The smallest absolute Gasteiger partial charge is 0.463 e. The Kier molecular flexibility index (Phi) is 79.6. The highest BCUT2D eigenvalue weighted by Gasteiger charge is 2.29. The molecule has 5 unspecified atom stereocenters. The minimum absolute atomic E-state index is 0.0351. The van der Waals surface area contributed by atoms with Crippen molar-refractivity contribution < 1.29 is 75.8 Å². The first kappa shape index (κ1) is 105. The summed E-state index contributed by atoms with van der Waals surface area (Å²) in [6, 6.07) is 0. The van der Waals surface area contributed by atoms with Gasteiger partial charge in [-0.25, -0.2) is 9.13 Å². The lowest BCUT2D eigenvalue weighted by Crippen LogP contribution is -2.30. The highest BCUT2D eigenvalue weighted by atomic mass is 31.2. The van der Waals surface area contributed by atoms with Crippen molar-refractivity contribution in [1.29, 1.82) is 0 Å². The van der Waals surface area contributed by atoms with E-state index in [1.807, 2.05) is 0 Å². The Bertz CT molecular complexity index is 2800. The summed E-state index contributed by atoms with van der Waals surface area (Å²) in [7, 11) is -9.84. The van der Waals surface area contributed by atoms with E-state index in [4.69, 9.17) is 32.3 Å². The number of esters is 3. The van der Waals surface area contributed by atoms with Gasteiger partial charge in [0, 0.05) is 19.3 Å². The van der Waals surface area contributed by atoms with Crippen molar-refractivity contribution in [3.63, 3.8) is 0 Å². The average molecular weight is 1590 g/mol. The molecule has 0 aromatic carbocycles. The van der Waals surface area contributed by atoms with Crippen molar-refractivity contribution in [2.45, 2.75) is 334 Å². The van der Waals surface area contributed by atoms with Crippen LogP contribution in [0.1, 0.15) is 316 Å². The van der Waals surface area contributed by atoms with E-state index in [0.717, 1.165) is 148 Å². The Morgan fingerprint density at radius 1 is 0.261 bits per heavy atom. The van der Waals surface area contributed by atoms with Crippen LogP contribution in [0.5, 0.6) is 0 Å². The molecule has 111 heavy (non-hydrogen) atoms. The van der Waals surface area contributed by atoms with Crippen LogP contribution in [-0.2, 0) is 55.8 Å². The minimum atomic E-state index is -4.96. The second-order valence-corrected chi connectivity index (χ2v) is 30.8. The maximum Gasteiger partial charge on any atom is 0.472 e. The Morgan fingerprint density at radius 2 is 0.477 bits per heavy atom. The number of carbonyl (C=O) groups excluding carboxylic acids is 3. The molecule has 630 valence electrons. The zero-order valence-electron chi connectivity index (χ0n) is 69.1. The van der Waals surface area contributed by atoms with E-state index >= 15 is 0 Å². The zero-order chi connectivity index (χ0) is 80.8. The Labute approximate surface area is 674 Å². The Balaban J connectivity index is 4.66. The maximum atomic E-state index is 13.0. The monoisotopic (exact) mass is 1590 g/mol. The van der Waals surface area contributed by atoms with Gasteiger partial charge < -0.3 is 34.2 Å². The molecule has 0 aliphatic heterocycles. The number of aliphatic hydroxyl groups excluding tert-OH is 2. The Hall–Kier alpha value is -5.61. The summed E-state index contributed by atoms with van der Waals surface area (Å²) in [6.07, 6.45) is 111. The number of hydrogen-bond donors (Lipinski definition) is 4. The van der Waals surface area contributed by atoms with Crippen molar-refractivity contribution >= 4 is 33.6 Å². The van der Waals surface area contributed by atoms with Gasteiger partial charge in [0.15, 0.2) is 6.10 Å². The SMILES string of the molecule is CC/C=C\C/C=C\C/C=C\C/C=C\C/C=C\C/C=C\CCCCCCC(=O)OCC(COP(=O)(O)OCC(O)COP(=O)(O)OCC(O)COC(=O)CCCCCCCCCCCCCCCCC/C=C\C/C=C\C/C=C\C/C=C\CCCCC)OC(=O)CCCC/C=C\C/C=C\C/C=C\C/C=C\C/C=C\C/C=C\CC. The molecule has 4 N–H and O–H groups in total. The van der Waals surface area contributed by atoms with E-state index in [1.54, 1.807) is 0 Å². The molecule has 0 saturated carbocycles. The number of carbonyl (C=O) groups is 3. The number of allylic oxidation sites excluding steroid dienone is 32. The van der Waals surface area contributed by atoms with E-state index < -0.39 is 91.5 Å². The van der Waals surface area contributed by atoms with E-state index in [2.05, 4.69) is 215 Å². The molecule has 0 rings (SSSR count). The second-order valence-electron chi connectivity index (χ2n) is 27.9. The third-order valence-electron chi connectivity index (χ3n) is 17.3. The Morgan fingerprint density at radius 3 is 0.775 bits per heavy atom. The molecule has 0 bridgehead atoms. The van der Waals surface area contributed by atoms with Crippen LogP contribution >= 0.6 is 15.6 Å². The summed E-state index contributed by atoms with van der Waals surface area (Å²) in [5.74, 6) is -1.67. The molecule has 16 nitrogen and oxygen atoms in total. The quantitative estimate of drug-likeness (QED) is 0.0146. The fourth-order valence-corrected chi connectivity index (χ4v) is 12.4. The number of phosphoric ester groups is 2.